The number of alkyl halides is 3. The average Bonchev–Trinajstić information content (AvgIpc) is 2.23. The molecule has 0 heterocycles. The maximum atomic E-state index is 11.7. The zero-order chi connectivity index (χ0) is 12.7. The van der Waals surface area contributed by atoms with Gasteiger partial charge >= 0.3 is 6.18 Å². The van der Waals surface area contributed by atoms with Gasteiger partial charge in [-0.3, -0.25) is 0 Å². The standard InChI is InChI=1S/C10H17F3N2O/c1-3-9(7-14,15-2)5-4-6-16-8-10(11,12)13/h15H,3-6,8H2,1-2H3. The lowest BCUT2D eigenvalue weighted by Gasteiger charge is -2.24. The highest BCUT2D eigenvalue weighted by atomic mass is 19.4. The van der Waals surface area contributed by atoms with Crippen LogP contribution in [-0.2, 0) is 4.74 Å². The van der Waals surface area contributed by atoms with Crippen LogP contribution in [0.5, 0.6) is 0 Å². The van der Waals surface area contributed by atoms with Gasteiger partial charge in [0.25, 0.3) is 0 Å². The highest BCUT2D eigenvalue weighted by Gasteiger charge is 2.28. The first-order chi connectivity index (χ1) is 7.39. The van der Waals surface area contributed by atoms with Crippen LogP contribution in [0.2, 0.25) is 0 Å². The number of ether oxygens (including phenoxy) is 1. The third kappa shape index (κ3) is 5.93. The summed E-state index contributed by atoms with van der Waals surface area (Å²) in [6.45, 7) is 0.652. The molecule has 0 bridgehead atoms. The van der Waals surface area contributed by atoms with Gasteiger partial charge in [0, 0.05) is 6.61 Å². The van der Waals surface area contributed by atoms with Crippen molar-refractivity contribution in [2.75, 3.05) is 20.3 Å². The van der Waals surface area contributed by atoms with Crippen molar-refractivity contribution in [1.29, 1.82) is 5.26 Å². The summed E-state index contributed by atoms with van der Waals surface area (Å²) in [7, 11) is 1.67. The van der Waals surface area contributed by atoms with Gasteiger partial charge in [-0.05, 0) is 26.3 Å². The Labute approximate surface area is 93.6 Å². The zero-order valence-electron chi connectivity index (χ0n) is 9.52. The van der Waals surface area contributed by atoms with E-state index in [1.807, 2.05) is 6.92 Å². The van der Waals surface area contributed by atoms with Crippen LogP contribution in [-0.4, -0.2) is 32.0 Å². The molecule has 0 fully saturated rings. The molecule has 0 spiro atoms. The fraction of sp³-hybridized carbons (Fsp3) is 0.900. The molecular formula is C10H17F3N2O. The summed E-state index contributed by atoms with van der Waals surface area (Å²) < 4.78 is 39.6. The van der Waals surface area contributed by atoms with Crippen LogP contribution in [0, 0.1) is 11.3 Å². The van der Waals surface area contributed by atoms with Crippen molar-refractivity contribution in [1.82, 2.24) is 5.32 Å². The SMILES string of the molecule is CCC(C#N)(CCCOCC(F)(F)F)NC. The Balaban J connectivity index is 3.77. The van der Waals surface area contributed by atoms with Crippen molar-refractivity contribution in [3.63, 3.8) is 0 Å². The molecule has 94 valence electrons. The molecule has 0 aliphatic heterocycles. The van der Waals surface area contributed by atoms with Crippen molar-refractivity contribution < 1.29 is 17.9 Å². The summed E-state index contributed by atoms with van der Waals surface area (Å²) in [4.78, 5) is 0. The monoisotopic (exact) mass is 238 g/mol. The highest BCUT2D eigenvalue weighted by Crippen LogP contribution is 2.17. The van der Waals surface area contributed by atoms with Crippen molar-refractivity contribution in [3.8, 4) is 6.07 Å². The summed E-state index contributed by atoms with van der Waals surface area (Å²) in [5.41, 5.74) is -0.651. The predicted molar refractivity (Wildman–Crippen MR) is 53.8 cm³/mol. The second kappa shape index (κ2) is 6.71. The van der Waals surface area contributed by atoms with Gasteiger partial charge in [0.2, 0.25) is 0 Å². The van der Waals surface area contributed by atoms with E-state index < -0.39 is 18.3 Å². The summed E-state index contributed by atoms with van der Waals surface area (Å²) in [6, 6.07) is 2.13. The first-order valence-electron chi connectivity index (χ1n) is 5.14. The quantitative estimate of drug-likeness (QED) is 0.692. The summed E-state index contributed by atoms with van der Waals surface area (Å²) in [5, 5.41) is 11.8. The Morgan fingerprint density at radius 3 is 2.38 bits per heavy atom. The van der Waals surface area contributed by atoms with Gasteiger partial charge in [-0.15, -0.1) is 0 Å². The van der Waals surface area contributed by atoms with Gasteiger partial charge < -0.3 is 10.1 Å². The second-order valence-corrected chi connectivity index (χ2v) is 3.57. The molecule has 0 aromatic rings. The van der Waals surface area contributed by atoms with E-state index in [9.17, 15) is 13.2 Å². The third-order valence-electron chi connectivity index (χ3n) is 2.45. The lowest BCUT2D eigenvalue weighted by Crippen LogP contribution is -2.41. The van der Waals surface area contributed by atoms with E-state index in [1.165, 1.54) is 0 Å². The Kier molecular flexibility index (Phi) is 6.38. The van der Waals surface area contributed by atoms with Gasteiger partial charge in [0.15, 0.2) is 0 Å². The molecule has 0 aliphatic carbocycles. The molecule has 1 N–H and O–H groups in total. The Hall–Kier alpha value is -0.800. The Morgan fingerprint density at radius 2 is 2.00 bits per heavy atom. The van der Waals surface area contributed by atoms with E-state index in [1.54, 1.807) is 7.05 Å². The molecule has 1 atom stereocenters. The maximum Gasteiger partial charge on any atom is 0.411 e. The van der Waals surface area contributed by atoms with Crippen LogP contribution in [0.1, 0.15) is 26.2 Å². The van der Waals surface area contributed by atoms with E-state index in [0.717, 1.165) is 0 Å². The molecule has 6 heteroatoms. The molecule has 16 heavy (non-hydrogen) atoms. The smallest absolute Gasteiger partial charge is 0.372 e. The fourth-order valence-corrected chi connectivity index (χ4v) is 1.33. The van der Waals surface area contributed by atoms with E-state index in [2.05, 4.69) is 16.1 Å². The topological polar surface area (TPSA) is 45.0 Å². The van der Waals surface area contributed by atoms with Crippen molar-refractivity contribution in [3.05, 3.63) is 0 Å². The summed E-state index contributed by atoms with van der Waals surface area (Å²) in [5.74, 6) is 0. The van der Waals surface area contributed by atoms with Crippen LogP contribution in [0.4, 0.5) is 13.2 Å². The first-order valence-corrected chi connectivity index (χ1v) is 5.14. The molecule has 0 radical (unpaired) electrons. The molecule has 0 rings (SSSR count). The second-order valence-electron chi connectivity index (χ2n) is 3.57. The van der Waals surface area contributed by atoms with Crippen LogP contribution in [0.15, 0.2) is 0 Å². The molecule has 0 saturated carbocycles. The predicted octanol–water partition coefficient (Wildman–Crippen LogP) is 2.24. The van der Waals surface area contributed by atoms with Crippen LogP contribution < -0.4 is 5.32 Å². The number of hydrogen-bond acceptors (Lipinski definition) is 3. The minimum atomic E-state index is -4.28. The van der Waals surface area contributed by atoms with Gasteiger partial charge in [-0.25, -0.2) is 0 Å². The van der Waals surface area contributed by atoms with E-state index in [-0.39, 0.29) is 6.61 Å². The van der Waals surface area contributed by atoms with Gasteiger partial charge in [-0.1, -0.05) is 6.92 Å². The first kappa shape index (κ1) is 15.2. The maximum absolute atomic E-state index is 11.7. The summed E-state index contributed by atoms with van der Waals surface area (Å²) >= 11 is 0. The normalized spacial score (nSPS) is 15.5. The molecule has 1 unspecified atom stereocenters. The Morgan fingerprint density at radius 1 is 1.38 bits per heavy atom. The van der Waals surface area contributed by atoms with Crippen LogP contribution in [0.3, 0.4) is 0 Å². The van der Waals surface area contributed by atoms with E-state index in [4.69, 9.17) is 5.26 Å². The molecular weight excluding hydrogens is 221 g/mol. The minimum Gasteiger partial charge on any atom is -0.372 e. The molecule has 0 aliphatic rings. The fourth-order valence-electron chi connectivity index (χ4n) is 1.33. The number of nitrogens with zero attached hydrogens (tertiary/aromatic N) is 1. The molecule has 0 saturated heterocycles. The van der Waals surface area contributed by atoms with Gasteiger partial charge in [-0.2, -0.15) is 18.4 Å². The molecule has 3 nitrogen and oxygen atoms in total. The largest absolute Gasteiger partial charge is 0.411 e. The number of rotatable bonds is 7. The molecule has 0 amide bonds. The molecule has 0 aromatic carbocycles. The molecule has 0 aromatic heterocycles. The van der Waals surface area contributed by atoms with Gasteiger partial charge in [0.05, 0.1) is 6.07 Å². The number of hydrogen-bond donors (Lipinski definition) is 1. The highest BCUT2D eigenvalue weighted by molar-refractivity contribution is 5.05. The van der Waals surface area contributed by atoms with Gasteiger partial charge in [0.1, 0.15) is 12.1 Å². The van der Waals surface area contributed by atoms with Crippen molar-refractivity contribution in [2.45, 2.75) is 37.9 Å². The number of nitriles is 1. The van der Waals surface area contributed by atoms with E-state index >= 15 is 0 Å². The lowest BCUT2D eigenvalue weighted by molar-refractivity contribution is -0.174. The Bertz CT molecular complexity index is 231. The number of halogens is 3. The zero-order valence-corrected chi connectivity index (χ0v) is 9.52. The summed E-state index contributed by atoms with van der Waals surface area (Å²) in [6.07, 6.45) is -2.76. The van der Waals surface area contributed by atoms with Crippen LogP contribution in [0.25, 0.3) is 0 Å². The third-order valence-corrected chi connectivity index (χ3v) is 2.45. The average molecular weight is 238 g/mol. The van der Waals surface area contributed by atoms with E-state index in [0.29, 0.717) is 19.3 Å². The van der Waals surface area contributed by atoms with Crippen molar-refractivity contribution in [2.24, 2.45) is 0 Å². The van der Waals surface area contributed by atoms with Crippen molar-refractivity contribution >= 4 is 0 Å². The lowest BCUT2D eigenvalue weighted by atomic mass is 9.92. The number of nitrogens with one attached hydrogen (secondary N) is 1. The minimum absolute atomic E-state index is 0.0185. The van der Waals surface area contributed by atoms with Crippen LogP contribution >= 0.6 is 0 Å².